The van der Waals surface area contributed by atoms with Crippen LogP contribution >= 0.6 is 24.0 Å². The Hall–Kier alpha value is -1.35. The van der Waals surface area contributed by atoms with E-state index >= 15 is 0 Å². The Morgan fingerprint density at radius 1 is 1.21 bits per heavy atom. The van der Waals surface area contributed by atoms with E-state index in [1.165, 1.54) is 5.56 Å². The number of halogens is 1. The average molecular weight is 500 g/mol. The van der Waals surface area contributed by atoms with Crippen LogP contribution in [-0.2, 0) is 9.53 Å². The molecule has 1 aromatic carbocycles. The van der Waals surface area contributed by atoms with Gasteiger partial charge in [0.25, 0.3) is 5.91 Å². The first-order valence-electron chi connectivity index (χ1n) is 10.1. The number of aliphatic imine (C=N–C) groups is 1. The number of nitrogens with one attached hydrogen (secondary N) is 1. The summed E-state index contributed by atoms with van der Waals surface area (Å²) in [5.74, 6) is 1.60. The molecule has 1 aromatic rings. The van der Waals surface area contributed by atoms with Crippen LogP contribution in [0.5, 0.6) is 0 Å². The number of ether oxygens (including phenoxy) is 1. The Labute approximate surface area is 185 Å². The van der Waals surface area contributed by atoms with Crippen LogP contribution in [0.4, 0.5) is 0 Å². The number of rotatable bonds is 5. The van der Waals surface area contributed by atoms with Crippen molar-refractivity contribution in [1.29, 1.82) is 0 Å². The summed E-state index contributed by atoms with van der Waals surface area (Å²) in [6.45, 7) is 6.96. The standard InChI is InChI=1S/C21H32N4O2.HI/c1-17(18-7-4-3-5-8-18)10-11-23-21(22-2)25-14-12-24(13-15-25)20(26)19-9-6-16-27-19;/h3-5,7-8,17,19H,6,9-16H2,1-2H3,(H,22,23);1H. The first-order chi connectivity index (χ1) is 13.2. The van der Waals surface area contributed by atoms with Gasteiger partial charge < -0.3 is 19.9 Å². The first-order valence-corrected chi connectivity index (χ1v) is 10.1. The van der Waals surface area contributed by atoms with Gasteiger partial charge in [-0.05, 0) is 30.7 Å². The molecule has 2 saturated heterocycles. The summed E-state index contributed by atoms with van der Waals surface area (Å²) in [7, 11) is 1.83. The number of guanidine groups is 1. The van der Waals surface area contributed by atoms with E-state index in [-0.39, 0.29) is 36.0 Å². The zero-order valence-corrected chi connectivity index (χ0v) is 19.3. The molecule has 7 heteroatoms. The lowest BCUT2D eigenvalue weighted by atomic mass is 9.98. The molecule has 1 amide bonds. The lowest BCUT2D eigenvalue weighted by Gasteiger charge is -2.37. The number of carbonyl (C=O) groups excluding carboxylic acids is 1. The predicted octanol–water partition coefficient (Wildman–Crippen LogP) is 2.70. The number of piperazine rings is 1. The molecule has 1 N–H and O–H groups in total. The normalized spacial score (nSPS) is 21.2. The lowest BCUT2D eigenvalue weighted by molar-refractivity contribution is -0.142. The van der Waals surface area contributed by atoms with Crippen molar-refractivity contribution in [2.75, 3.05) is 46.4 Å². The second-order valence-corrected chi connectivity index (χ2v) is 7.39. The number of hydrogen-bond donors (Lipinski definition) is 1. The maximum absolute atomic E-state index is 12.5. The zero-order valence-electron chi connectivity index (χ0n) is 17.0. The molecule has 156 valence electrons. The van der Waals surface area contributed by atoms with Crippen LogP contribution < -0.4 is 5.32 Å². The Bertz CT molecular complexity index is 627. The van der Waals surface area contributed by atoms with Gasteiger partial charge in [0.15, 0.2) is 5.96 Å². The van der Waals surface area contributed by atoms with Crippen LogP contribution in [0.2, 0.25) is 0 Å². The monoisotopic (exact) mass is 500 g/mol. The van der Waals surface area contributed by atoms with E-state index in [2.05, 4.69) is 52.5 Å². The Balaban J connectivity index is 0.00000280. The summed E-state index contributed by atoms with van der Waals surface area (Å²) < 4.78 is 5.53. The Morgan fingerprint density at radius 2 is 1.89 bits per heavy atom. The minimum Gasteiger partial charge on any atom is -0.368 e. The molecule has 0 aliphatic carbocycles. The van der Waals surface area contributed by atoms with Gasteiger partial charge >= 0.3 is 0 Å². The van der Waals surface area contributed by atoms with Crippen molar-refractivity contribution in [3.05, 3.63) is 35.9 Å². The molecule has 2 fully saturated rings. The van der Waals surface area contributed by atoms with Gasteiger partial charge in [0.05, 0.1) is 0 Å². The second kappa shape index (κ2) is 11.6. The van der Waals surface area contributed by atoms with Gasteiger partial charge in [0.1, 0.15) is 6.10 Å². The lowest BCUT2D eigenvalue weighted by Crippen LogP contribution is -2.55. The van der Waals surface area contributed by atoms with Gasteiger partial charge in [-0.25, -0.2) is 0 Å². The van der Waals surface area contributed by atoms with E-state index in [0.717, 1.165) is 57.9 Å². The van der Waals surface area contributed by atoms with Crippen molar-refractivity contribution in [3.8, 4) is 0 Å². The SMILES string of the molecule is CN=C(NCCC(C)c1ccccc1)N1CCN(C(=O)C2CCCO2)CC1.I. The number of carbonyl (C=O) groups is 1. The van der Waals surface area contributed by atoms with Crippen LogP contribution in [0.3, 0.4) is 0 Å². The van der Waals surface area contributed by atoms with Crippen molar-refractivity contribution >= 4 is 35.8 Å². The van der Waals surface area contributed by atoms with Gasteiger partial charge in [0, 0.05) is 46.4 Å². The van der Waals surface area contributed by atoms with E-state index in [1.54, 1.807) is 0 Å². The maximum Gasteiger partial charge on any atom is 0.251 e. The highest BCUT2D eigenvalue weighted by molar-refractivity contribution is 14.0. The van der Waals surface area contributed by atoms with Gasteiger partial charge in [0.2, 0.25) is 0 Å². The zero-order chi connectivity index (χ0) is 19.1. The van der Waals surface area contributed by atoms with E-state index < -0.39 is 0 Å². The average Bonchev–Trinajstić information content (AvgIpc) is 3.26. The van der Waals surface area contributed by atoms with Crippen molar-refractivity contribution in [1.82, 2.24) is 15.1 Å². The Kier molecular flexibility index (Phi) is 9.50. The summed E-state index contributed by atoms with van der Waals surface area (Å²) in [6.07, 6.45) is 2.70. The fourth-order valence-corrected chi connectivity index (χ4v) is 3.80. The fraction of sp³-hybridized carbons (Fsp3) is 0.619. The van der Waals surface area contributed by atoms with Gasteiger partial charge in [-0.3, -0.25) is 9.79 Å². The second-order valence-electron chi connectivity index (χ2n) is 7.39. The molecule has 2 aliphatic heterocycles. The fourth-order valence-electron chi connectivity index (χ4n) is 3.80. The van der Waals surface area contributed by atoms with Crippen LogP contribution in [0.1, 0.15) is 37.7 Å². The molecule has 0 radical (unpaired) electrons. The quantitative estimate of drug-likeness (QED) is 0.384. The number of amides is 1. The molecule has 0 bridgehead atoms. The Morgan fingerprint density at radius 3 is 2.50 bits per heavy atom. The summed E-state index contributed by atoms with van der Waals surface area (Å²) >= 11 is 0. The number of nitrogens with zero attached hydrogens (tertiary/aromatic N) is 3. The van der Waals surface area contributed by atoms with Crippen molar-refractivity contribution < 1.29 is 9.53 Å². The molecule has 28 heavy (non-hydrogen) atoms. The molecule has 6 nitrogen and oxygen atoms in total. The third-order valence-electron chi connectivity index (χ3n) is 5.54. The largest absolute Gasteiger partial charge is 0.368 e. The molecule has 0 aromatic heterocycles. The summed E-state index contributed by atoms with van der Waals surface area (Å²) in [5, 5.41) is 3.49. The molecule has 2 aliphatic rings. The molecule has 3 rings (SSSR count). The van der Waals surface area contributed by atoms with Gasteiger partial charge in [-0.15, -0.1) is 24.0 Å². The van der Waals surface area contributed by atoms with Crippen molar-refractivity contribution in [2.45, 2.75) is 38.2 Å². The van der Waals surface area contributed by atoms with Crippen molar-refractivity contribution in [3.63, 3.8) is 0 Å². The van der Waals surface area contributed by atoms with E-state index in [1.807, 2.05) is 11.9 Å². The highest BCUT2D eigenvalue weighted by Gasteiger charge is 2.30. The van der Waals surface area contributed by atoms with Crippen LogP contribution in [0.15, 0.2) is 35.3 Å². The highest BCUT2D eigenvalue weighted by atomic mass is 127. The predicted molar refractivity (Wildman–Crippen MR) is 123 cm³/mol. The third kappa shape index (κ3) is 6.07. The summed E-state index contributed by atoms with van der Waals surface area (Å²) in [4.78, 5) is 21.1. The molecule has 2 unspecified atom stereocenters. The molecule has 2 atom stereocenters. The third-order valence-corrected chi connectivity index (χ3v) is 5.54. The van der Waals surface area contributed by atoms with Crippen LogP contribution in [0.25, 0.3) is 0 Å². The maximum atomic E-state index is 12.5. The molecular weight excluding hydrogens is 467 g/mol. The molecule has 2 heterocycles. The van der Waals surface area contributed by atoms with E-state index in [0.29, 0.717) is 12.5 Å². The van der Waals surface area contributed by atoms with Crippen LogP contribution in [-0.4, -0.2) is 74.1 Å². The summed E-state index contributed by atoms with van der Waals surface area (Å²) in [6, 6.07) is 10.6. The summed E-state index contributed by atoms with van der Waals surface area (Å²) in [5.41, 5.74) is 1.37. The van der Waals surface area contributed by atoms with Crippen molar-refractivity contribution in [2.24, 2.45) is 4.99 Å². The number of benzene rings is 1. The topological polar surface area (TPSA) is 57.2 Å². The van der Waals surface area contributed by atoms with Crippen LogP contribution in [0, 0.1) is 0 Å². The minimum absolute atomic E-state index is 0. The van der Waals surface area contributed by atoms with Gasteiger partial charge in [-0.1, -0.05) is 37.3 Å². The number of hydrogen-bond acceptors (Lipinski definition) is 3. The molecular formula is C21H33IN4O2. The smallest absolute Gasteiger partial charge is 0.251 e. The minimum atomic E-state index is -0.214. The van der Waals surface area contributed by atoms with Gasteiger partial charge in [-0.2, -0.15) is 0 Å². The highest BCUT2D eigenvalue weighted by Crippen LogP contribution is 2.18. The van der Waals surface area contributed by atoms with E-state index in [4.69, 9.17) is 4.74 Å². The first kappa shape index (κ1) is 22.9. The van der Waals surface area contributed by atoms with E-state index in [9.17, 15) is 4.79 Å². The molecule has 0 saturated carbocycles. The molecule has 0 spiro atoms.